The van der Waals surface area contributed by atoms with Gasteiger partial charge in [-0.25, -0.2) is 18.7 Å². The van der Waals surface area contributed by atoms with Crippen LogP contribution in [0.5, 0.6) is 5.75 Å². The number of benzene rings is 2. The molecule has 7 heteroatoms. The molecular formula is C25H25F2N3O2. The van der Waals surface area contributed by atoms with E-state index < -0.39 is 11.6 Å². The molecule has 3 aromatic rings. The van der Waals surface area contributed by atoms with Gasteiger partial charge in [0.25, 0.3) is 0 Å². The van der Waals surface area contributed by atoms with Crippen LogP contribution in [0.15, 0.2) is 48.7 Å². The number of anilines is 1. The summed E-state index contributed by atoms with van der Waals surface area (Å²) in [4.78, 5) is 22.0. The molecule has 0 aliphatic heterocycles. The smallest absolute Gasteiger partial charge is 0.229 e. The average molecular weight is 437 g/mol. The Hall–Kier alpha value is -3.35. The molecular weight excluding hydrogens is 412 g/mol. The van der Waals surface area contributed by atoms with Crippen LogP contribution in [-0.4, -0.2) is 23.0 Å². The minimum Gasteiger partial charge on any atom is -0.497 e. The van der Waals surface area contributed by atoms with E-state index in [1.165, 1.54) is 12.5 Å². The Morgan fingerprint density at radius 1 is 1.06 bits per heavy atom. The van der Waals surface area contributed by atoms with Crippen LogP contribution >= 0.6 is 0 Å². The lowest BCUT2D eigenvalue weighted by molar-refractivity contribution is -0.115. The number of rotatable bonds is 6. The van der Waals surface area contributed by atoms with E-state index >= 15 is 0 Å². The molecule has 4 rings (SSSR count). The van der Waals surface area contributed by atoms with Crippen LogP contribution in [0.25, 0.3) is 11.3 Å². The molecule has 5 nitrogen and oxygen atoms in total. The number of carbonyl (C=O) groups is 1. The minimum absolute atomic E-state index is 0.0801. The Kier molecular flexibility index (Phi) is 6.73. The Morgan fingerprint density at radius 2 is 1.81 bits per heavy atom. The number of hydrogen-bond acceptors (Lipinski definition) is 4. The van der Waals surface area contributed by atoms with Crippen molar-refractivity contribution in [1.82, 2.24) is 9.97 Å². The zero-order valence-electron chi connectivity index (χ0n) is 17.9. The van der Waals surface area contributed by atoms with Crippen molar-refractivity contribution in [2.24, 2.45) is 0 Å². The maximum atomic E-state index is 13.5. The monoisotopic (exact) mass is 437 g/mol. The second-order valence-electron chi connectivity index (χ2n) is 8.03. The number of halogens is 2. The van der Waals surface area contributed by atoms with Gasteiger partial charge in [0.1, 0.15) is 5.75 Å². The van der Waals surface area contributed by atoms with Gasteiger partial charge >= 0.3 is 0 Å². The van der Waals surface area contributed by atoms with Crippen molar-refractivity contribution in [2.75, 3.05) is 12.4 Å². The fourth-order valence-electron chi connectivity index (χ4n) is 4.07. The van der Waals surface area contributed by atoms with Crippen molar-refractivity contribution in [3.05, 3.63) is 71.6 Å². The van der Waals surface area contributed by atoms with Crippen LogP contribution < -0.4 is 10.1 Å². The molecule has 1 fully saturated rings. The number of ether oxygens (including phenoxy) is 1. The van der Waals surface area contributed by atoms with Crippen LogP contribution in [0.4, 0.5) is 14.6 Å². The number of methoxy groups -OCH3 is 1. The van der Waals surface area contributed by atoms with Gasteiger partial charge in [-0.1, -0.05) is 25.3 Å². The van der Waals surface area contributed by atoms with Gasteiger partial charge in [-0.3, -0.25) is 4.79 Å². The first-order valence-corrected chi connectivity index (χ1v) is 10.8. The molecule has 32 heavy (non-hydrogen) atoms. The van der Waals surface area contributed by atoms with Crippen molar-refractivity contribution < 1.29 is 18.3 Å². The summed E-state index contributed by atoms with van der Waals surface area (Å²) in [6.07, 6.45) is 6.97. The van der Waals surface area contributed by atoms with E-state index in [4.69, 9.17) is 9.72 Å². The summed E-state index contributed by atoms with van der Waals surface area (Å²) >= 11 is 0. The quantitative estimate of drug-likeness (QED) is 0.541. The highest BCUT2D eigenvalue weighted by molar-refractivity contribution is 5.92. The molecule has 0 atom stereocenters. The molecule has 0 unspecified atom stereocenters. The molecule has 0 bridgehead atoms. The minimum atomic E-state index is -0.971. The highest BCUT2D eigenvalue weighted by Crippen LogP contribution is 2.36. The van der Waals surface area contributed by atoms with Gasteiger partial charge in [0.05, 0.1) is 31.1 Å². The van der Waals surface area contributed by atoms with Gasteiger partial charge in [-0.2, -0.15) is 0 Å². The van der Waals surface area contributed by atoms with Crippen LogP contribution in [0.2, 0.25) is 0 Å². The SMILES string of the molecule is COc1ccc(-c2cnc(NC(=O)Cc3ccc(F)c(F)c3)c(C3CCCCC3)n2)cc1. The summed E-state index contributed by atoms with van der Waals surface area (Å²) < 4.78 is 31.9. The van der Waals surface area contributed by atoms with Gasteiger partial charge in [0.15, 0.2) is 17.5 Å². The fraction of sp³-hybridized carbons (Fsp3) is 0.320. The summed E-state index contributed by atoms with van der Waals surface area (Å²) in [5, 5.41) is 2.84. The van der Waals surface area contributed by atoms with Crippen LogP contribution in [-0.2, 0) is 11.2 Å². The summed E-state index contributed by atoms with van der Waals surface area (Å²) in [6.45, 7) is 0. The molecule has 1 aliphatic rings. The topological polar surface area (TPSA) is 64.1 Å². The van der Waals surface area contributed by atoms with Gasteiger partial charge in [0, 0.05) is 11.5 Å². The Morgan fingerprint density at radius 3 is 2.50 bits per heavy atom. The third-order valence-corrected chi connectivity index (χ3v) is 5.78. The second kappa shape index (κ2) is 9.85. The maximum Gasteiger partial charge on any atom is 0.229 e. The zero-order chi connectivity index (χ0) is 22.5. The van der Waals surface area contributed by atoms with E-state index in [1.807, 2.05) is 24.3 Å². The highest BCUT2D eigenvalue weighted by Gasteiger charge is 2.23. The second-order valence-corrected chi connectivity index (χ2v) is 8.03. The molecule has 1 heterocycles. The van der Waals surface area contributed by atoms with E-state index in [2.05, 4.69) is 10.3 Å². The van der Waals surface area contributed by atoms with Gasteiger partial charge in [0.2, 0.25) is 5.91 Å². The predicted molar refractivity (Wildman–Crippen MR) is 119 cm³/mol. The summed E-state index contributed by atoms with van der Waals surface area (Å²) in [5.41, 5.74) is 2.81. The molecule has 1 N–H and O–H groups in total. The van der Waals surface area contributed by atoms with Crippen molar-refractivity contribution in [2.45, 2.75) is 44.4 Å². The van der Waals surface area contributed by atoms with E-state index in [0.717, 1.165) is 60.5 Å². The summed E-state index contributed by atoms with van der Waals surface area (Å²) in [5.74, 6) is -0.847. The number of aromatic nitrogens is 2. The molecule has 0 radical (unpaired) electrons. The van der Waals surface area contributed by atoms with E-state index in [0.29, 0.717) is 11.4 Å². The maximum absolute atomic E-state index is 13.5. The van der Waals surface area contributed by atoms with Crippen LogP contribution in [0, 0.1) is 11.6 Å². The molecule has 1 saturated carbocycles. The van der Waals surface area contributed by atoms with E-state index in [9.17, 15) is 13.6 Å². The van der Waals surface area contributed by atoms with Crippen molar-refractivity contribution in [3.8, 4) is 17.0 Å². The van der Waals surface area contributed by atoms with Crippen molar-refractivity contribution in [3.63, 3.8) is 0 Å². The molecule has 0 spiro atoms. The lowest BCUT2D eigenvalue weighted by Gasteiger charge is -2.23. The molecule has 0 saturated heterocycles. The molecule has 166 valence electrons. The highest BCUT2D eigenvalue weighted by atomic mass is 19.2. The average Bonchev–Trinajstić information content (AvgIpc) is 2.82. The zero-order valence-corrected chi connectivity index (χ0v) is 17.9. The Bertz CT molecular complexity index is 1100. The van der Waals surface area contributed by atoms with Gasteiger partial charge < -0.3 is 10.1 Å². The first-order valence-electron chi connectivity index (χ1n) is 10.8. The molecule has 1 aliphatic carbocycles. The number of carbonyl (C=O) groups excluding carboxylic acids is 1. The standard InChI is InChI=1S/C25H25F2N3O2/c1-32-19-10-8-17(9-11-19)22-15-28-25(24(29-22)18-5-3-2-4-6-18)30-23(31)14-16-7-12-20(26)21(27)13-16/h7-13,15,18H,2-6,14H2,1H3,(H,28,30,31). The fourth-order valence-corrected chi connectivity index (χ4v) is 4.07. The van der Waals surface area contributed by atoms with Gasteiger partial charge in [-0.15, -0.1) is 0 Å². The number of nitrogens with zero attached hydrogens (tertiary/aromatic N) is 2. The summed E-state index contributed by atoms with van der Waals surface area (Å²) in [7, 11) is 1.62. The van der Waals surface area contributed by atoms with E-state index in [-0.39, 0.29) is 18.2 Å². The Balaban J connectivity index is 1.59. The normalized spacial score (nSPS) is 14.2. The lowest BCUT2D eigenvalue weighted by Crippen LogP contribution is -2.19. The molecule has 2 aromatic carbocycles. The van der Waals surface area contributed by atoms with Gasteiger partial charge in [-0.05, 0) is 54.8 Å². The lowest BCUT2D eigenvalue weighted by atomic mass is 9.86. The molecule has 1 amide bonds. The Labute approximate surface area is 185 Å². The van der Waals surface area contributed by atoms with Crippen LogP contribution in [0.3, 0.4) is 0 Å². The first kappa shape index (κ1) is 21.9. The van der Waals surface area contributed by atoms with Crippen molar-refractivity contribution >= 4 is 11.7 Å². The number of hydrogen-bond donors (Lipinski definition) is 1. The summed E-state index contributed by atoms with van der Waals surface area (Å²) in [6, 6.07) is 11.1. The third-order valence-electron chi connectivity index (χ3n) is 5.78. The predicted octanol–water partition coefficient (Wildman–Crippen LogP) is 5.66. The van der Waals surface area contributed by atoms with Crippen LogP contribution in [0.1, 0.15) is 49.3 Å². The van der Waals surface area contributed by atoms with Crippen molar-refractivity contribution in [1.29, 1.82) is 0 Å². The molecule has 1 aromatic heterocycles. The third kappa shape index (κ3) is 5.10. The number of amides is 1. The number of nitrogens with one attached hydrogen (secondary N) is 1. The first-order chi connectivity index (χ1) is 15.5. The van der Waals surface area contributed by atoms with E-state index in [1.54, 1.807) is 13.3 Å². The largest absolute Gasteiger partial charge is 0.497 e.